The zero-order chi connectivity index (χ0) is 20.4. The number of pyridine rings is 2. The minimum atomic E-state index is -0.267. The lowest BCUT2D eigenvalue weighted by atomic mass is 9.80. The summed E-state index contributed by atoms with van der Waals surface area (Å²) < 4.78 is 6.04. The van der Waals surface area contributed by atoms with Crippen molar-refractivity contribution >= 4 is 0 Å². The van der Waals surface area contributed by atoms with Crippen LogP contribution in [0.5, 0.6) is 0 Å². The quantitative estimate of drug-likeness (QED) is 0.868. The Kier molecular flexibility index (Phi) is 5.05. The smallest absolute Gasteiger partial charge is 0.205 e. The third kappa shape index (κ3) is 3.59. The summed E-state index contributed by atoms with van der Waals surface area (Å²) >= 11 is 0. The summed E-state index contributed by atoms with van der Waals surface area (Å²) in [6.45, 7) is 4.98. The second-order valence-corrected chi connectivity index (χ2v) is 7.52. The molecule has 0 bridgehead atoms. The SMILES string of the molecule is CC(C)N1C=C(Cc2cccnc2)C2=C(C1)[C@@H](c1cccnc1)C(C#N)=C(N)O2. The number of nitrogens with zero attached hydrogens (tertiary/aromatic N) is 4. The van der Waals surface area contributed by atoms with E-state index >= 15 is 0 Å². The molecule has 0 unspecified atom stereocenters. The summed E-state index contributed by atoms with van der Waals surface area (Å²) in [5.74, 6) is 0.655. The Morgan fingerprint density at radius 3 is 2.62 bits per heavy atom. The lowest BCUT2D eigenvalue weighted by Crippen LogP contribution is -2.36. The van der Waals surface area contributed by atoms with Crippen LogP contribution in [0.3, 0.4) is 0 Å². The molecular formula is C23H23N5O. The van der Waals surface area contributed by atoms with E-state index in [9.17, 15) is 5.26 Å². The van der Waals surface area contributed by atoms with Crippen LogP contribution in [-0.4, -0.2) is 27.5 Å². The Bertz CT molecular complexity index is 1030. The number of hydrogen-bond acceptors (Lipinski definition) is 6. The van der Waals surface area contributed by atoms with Crippen LogP contribution in [0.15, 0.2) is 83.6 Å². The van der Waals surface area contributed by atoms with Gasteiger partial charge in [-0.25, -0.2) is 0 Å². The number of aromatic nitrogens is 2. The fraction of sp³-hybridized carbons (Fsp3) is 0.261. The molecule has 0 fully saturated rings. The van der Waals surface area contributed by atoms with Crippen molar-refractivity contribution in [2.24, 2.45) is 5.73 Å². The van der Waals surface area contributed by atoms with Gasteiger partial charge in [-0.3, -0.25) is 9.97 Å². The number of rotatable bonds is 4. The molecule has 4 rings (SSSR count). The Morgan fingerprint density at radius 2 is 2.00 bits per heavy atom. The highest BCUT2D eigenvalue weighted by Gasteiger charge is 2.37. The summed E-state index contributed by atoms with van der Waals surface area (Å²) in [6, 6.07) is 10.4. The van der Waals surface area contributed by atoms with Crippen molar-refractivity contribution in [2.45, 2.75) is 32.2 Å². The van der Waals surface area contributed by atoms with Gasteiger partial charge < -0.3 is 15.4 Å². The monoisotopic (exact) mass is 385 g/mol. The highest BCUT2D eigenvalue weighted by Crippen LogP contribution is 2.43. The molecule has 0 aromatic carbocycles. The zero-order valence-corrected chi connectivity index (χ0v) is 16.5. The number of allylic oxidation sites excluding steroid dienone is 2. The van der Waals surface area contributed by atoms with Crippen molar-refractivity contribution in [2.75, 3.05) is 6.54 Å². The van der Waals surface area contributed by atoms with E-state index < -0.39 is 0 Å². The average molecular weight is 385 g/mol. The van der Waals surface area contributed by atoms with Crippen molar-refractivity contribution in [3.8, 4) is 6.07 Å². The molecule has 2 aromatic rings. The number of nitriles is 1. The van der Waals surface area contributed by atoms with Crippen molar-refractivity contribution in [3.63, 3.8) is 0 Å². The molecule has 1 atom stereocenters. The first-order chi connectivity index (χ1) is 14.1. The predicted molar refractivity (Wildman–Crippen MR) is 110 cm³/mol. The highest BCUT2D eigenvalue weighted by atomic mass is 16.5. The molecule has 0 amide bonds. The second-order valence-electron chi connectivity index (χ2n) is 7.52. The maximum absolute atomic E-state index is 9.81. The minimum Gasteiger partial charge on any atom is -0.440 e. The summed E-state index contributed by atoms with van der Waals surface area (Å²) in [4.78, 5) is 10.8. The van der Waals surface area contributed by atoms with E-state index in [4.69, 9.17) is 10.5 Å². The van der Waals surface area contributed by atoms with Crippen molar-refractivity contribution < 1.29 is 4.74 Å². The molecule has 0 radical (unpaired) electrons. The van der Waals surface area contributed by atoms with Gasteiger partial charge in [-0.05, 0) is 37.1 Å². The first-order valence-corrected chi connectivity index (χ1v) is 9.64. The van der Waals surface area contributed by atoms with Crippen LogP contribution in [0, 0.1) is 11.3 Å². The van der Waals surface area contributed by atoms with E-state index in [0.29, 0.717) is 24.6 Å². The van der Waals surface area contributed by atoms with E-state index in [1.54, 1.807) is 18.6 Å². The lowest BCUT2D eigenvalue weighted by Gasteiger charge is -2.38. The molecule has 0 saturated carbocycles. The zero-order valence-electron chi connectivity index (χ0n) is 16.5. The average Bonchev–Trinajstić information content (AvgIpc) is 2.74. The van der Waals surface area contributed by atoms with Gasteiger partial charge in [0.05, 0.1) is 5.92 Å². The van der Waals surface area contributed by atoms with Crippen molar-refractivity contribution in [1.82, 2.24) is 14.9 Å². The van der Waals surface area contributed by atoms with Gasteiger partial charge in [0, 0.05) is 61.1 Å². The maximum Gasteiger partial charge on any atom is 0.205 e. The molecule has 2 aromatic heterocycles. The van der Waals surface area contributed by atoms with Gasteiger partial charge in [-0.1, -0.05) is 12.1 Å². The Balaban J connectivity index is 1.83. The number of ether oxygens (including phenoxy) is 1. The third-order valence-corrected chi connectivity index (χ3v) is 5.29. The molecule has 0 aliphatic carbocycles. The van der Waals surface area contributed by atoms with Crippen LogP contribution in [0.4, 0.5) is 0 Å². The van der Waals surface area contributed by atoms with Crippen LogP contribution in [-0.2, 0) is 11.2 Å². The molecule has 0 saturated heterocycles. The van der Waals surface area contributed by atoms with Gasteiger partial charge in [0.1, 0.15) is 17.4 Å². The first kappa shape index (κ1) is 18.8. The van der Waals surface area contributed by atoms with Gasteiger partial charge in [0.2, 0.25) is 5.88 Å². The van der Waals surface area contributed by atoms with Gasteiger partial charge in [-0.2, -0.15) is 5.26 Å². The van der Waals surface area contributed by atoms with Crippen LogP contribution < -0.4 is 5.73 Å². The highest BCUT2D eigenvalue weighted by molar-refractivity contribution is 5.54. The molecular weight excluding hydrogens is 362 g/mol. The second kappa shape index (κ2) is 7.80. The topological polar surface area (TPSA) is 88.1 Å². The summed E-state index contributed by atoms with van der Waals surface area (Å²) in [7, 11) is 0. The first-order valence-electron chi connectivity index (χ1n) is 9.64. The molecule has 0 spiro atoms. The van der Waals surface area contributed by atoms with Crippen LogP contribution in [0.1, 0.15) is 30.9 Å². The molecule has 6 nitrogen and oxygen atoms in total. The predicted octanol–water partition coefficient (Wildman–Crippen LogP) is 3.39. The minimum absolute atomic E-state index is 0.162. The fourth-order valence-electron chi connectivity index (χ4n) is 3.83. The fourth-order valence-corrected chi connectivity index (χ4v) is 3.83. The van der Waals surface area contributed by atoms with E-state index in [1.165, 1.54) is 0 Å². The van der Waals surface area contributed by atoms with Crippen molar-refractivity contribution in [1.29, 1.82) is 5.26 Å². The normalized spacial score (nSPS) is 18.9. The third-order valence-electron chi connectivity index (χ3n) is 5.29. The molecule has 146 valence electrons. The number of hydrogen-bond donors (Lipinski definition) is 1. The van der Waals surface area contributed by atoms with E-state index in [2.05, 4.69) is 41.0 Å². The van der Waals surface area contributed by atoms with Crippen LogP contribution in [0.2, 0.25) is 0 Å². The standard InChI is InChI=1S/C23H23N5O/c1-15(2)28-13-18(9-16-5-3-7-26-11-16)22-20(14-28)21(17-6-4-8-27-12-17)19(10-24)23(25)29-22/h3-8,11-13,15,21H,9,14,25H2,1-2H3/t21-/m0/s1. The van der Waals surface area contributed by atoms with Gasteiger partial charge in [0.15, 0.2) is 0 Å². The molecule has 2 aliphatic rings. The Morgan fingerprint density at radius 1 is 1.24 bits per heavy atom. The maximum atomic E-state index is 9.81. The molecule has 29 heavy (non-hydrogen) atoms. The number of nitrogens with two attached hydrogens (primary N) is 1. The van der Waals surface area contributed by atoms with Gasteiger partial charge >= 0.3 is 0 Å². The van der Waals surface area contributed by atoms with Crippen LogP contribution >= 0.6 is 0 Å². The van der Waals surface area contributed by atoms with Gasteiger partial charge in [-0.15, -0.1) is 0 Å². The van der Waals surface area contributed by atoms with Gasteiger partial charge in [0.25, 0.3) is 0 Å². The molecule has 6 heteroatoms. The summed E-state index contributed by atoms with van der Waals surface area (Å²) in [6.07, 6.45) is 9.96. The Labute approximate surface area is 170 Å². The molecule has 2 N–H and O–H groups in total. The van der Waals surface area contributed by atoms with E-state index in [-0.39, 0.29) is 11.8 Å². The molecule has 2 aliphatic heterocycles. The van der Waals surface area contributed by atoms with Crippen molar-refractivity contribution in [3.05, 3.63) is 94.7 Å². The van der Waals surface area contributed by atoms with Crippen LogP contribution in [0.25, 0.3) is 0 Å². The van der Waals surface area contributed by atoms with E-state index in [1.807, 2.05) is 30.5 Å². The molecule has 4 heterocycles. The Hall–Kier alpha value is -3.59. The lowest BCUT2D eigenvalue weighted by molar-refractivity contribution is 0.250. The summed E-state index contributed by atoms with van der Waals surface area (Å²) in [5.41, 5.74) is 10.7. The largest absolute Gasteiger partial charge is 0.440 e. The van der Waals surface area contributed by atoms with E-state index in [0.717, 1.165) is 28.0 Å². The summed E-state index contributed by atoms with van der Waals surface area (Å²) in [5, 5.41) is 9.81.